The number of hydrogen-bond acceptors (Lipinski definition) is 5. The van der Waals surface area contributed by atoms with Crippen LogP contribution in [0.2, 0.25) is 0 Å². The van der Waals surface area contributed by atoms with Crippen molar-refractivity contribution in [2.45, 2.75) is 26.0 Å². The molecule has 0 aliphatic carbocycles. The van der Waals surface area contributed by atoms with E-state index in [2.05, 4.69) is 0 Å². The highest BCUT2D eigenvalue weighted by Crippen LogP contribution is 2.31. The van der Waals surface area contributed by atoms with Gasteiger partial charge in [0.2, 0.25) is 0 Å². The topological polar surface area (TPSA) is 75.8 Å². The van der Waals surface area contributed by atoms with E-state index in [0.29, 0.717) is 17.9 Å². The van der Waals surface area contributed by atoms with Gasteiger partial charge in [-0.2, -0.15) is 0 Å². The van der Waals surface area contributed by atoms with E-state index < -0.39 is 11.0 Å². The van der Waals surface area contributed by atoms with Gasteiger partial charge < -0.3 is 14.7 Å². The first kappa shape index (κ1) is 15.4. The van der Waals surface area contributed by atoms with E-state index >= 15 is 0 Å². The van der Waals surface area contributed by atoms with Gasteiger partial charge in [0.25, 0.3) is 5.69 Å². The molecule has 1 aromatic rings. The fraction of sp³-hybridized carbons (Fsp3) is 0.538. The van der Waals surface area contributed by atoms with E-state index in [1.807, 2.05) is 6.92 Å². The van der Waals surface area contributed by atoms with Crippen molar-refractivity contribution in [1.82, 2.24) is 0 Å². The zero-order valence-electron chi connectivity index (χ0n) is 11.7. The van der Waals surface area contributed by atoms with E-state index in [4.69, 9.17) is 4.74 Å². The van der Waals surface area contributed by atoms with Gasteiger partial charge in [0, 0.05) is 26.3 Å². The Bertz CT molecular complexity index is 448. The molecule has 6 heteroatoms. The number of aliphatic hydroxyl groups is 1. The highest BCUT2D eigenvalue weighted by atomic mass is 16.6. The number of ether oxygens (including phenoxy) is 1. The molecule has 2 unspecified atom stereocenters. The smallest absolute Gasteiger partial charge is 0.292 e. The summed E-state index contributed by atoms with van der Waals surface area (Å²) in [6.45, 7) is 3.98. The van der Waals surface area contributed by atoms with Gasteiger partial charge in [-0.15, -0.1) is 0 Å². The number of hydrogen-bond donors (Lipinski definition) is 1. The number of methoxy groups -OCH3 is 1. The Labute approximate surface area is 112 Å². The SMILES string of the molecule is COCC(C)N(C)c1ccc(C(C)O)cc1[N+](=O)[O-]. The van der Waals surface area contributed by atoms with Crippen LogP contribution in [0.25, 0.3) is 0 Å². The van der Waals surface area contributed by atoms with Gasteiger partial charge in [0.15, 0.2) is 0 Å². The molecular weight excluding hydrogens is 248 g/mol. The van der Waals surface area contributed by atoms with Crippen LogP contribution in [0.3, 0.4) is 0 Å². The molecule has 0 fully saturated rings. The largest absolute Gasteiger partial charge is 0.389 e. The van der Waals surface area contributed by atoms with E-state index in [1.54, 1.807) is 38.1 Å². The van der Waals surface area contributed by atoms with Crippen molar-refractivity contribution in [3.63, 3.8) is 0 Å². The summed E-state index contributed by atoms with van der Waals surface area (Å²) in [4.78, 5) is 12.5. The second-order valence-electron chi connectivity index (χ2n) is 4.60. The molecule has 0 heterocycles. The first-order valence-corrected chi connectivity index (χ1v) is 6.06. The van der Waals surface area contributed by atoms with Crippen LogP contribution in [0.5, 0.6) is 0 Å². The van der Waals surface area contributed by atoms with Crippen molar-refractivity contribution >= 4 is 11.4 Å². The molecule has 0 aliphatic heterocycles. The maximum absolute atomic E-state index is 11.1. The Balaban J connectivity index is 3.16. The molecule has 106 valence electrons. The first-order chi connectivity index (χ1) is 8.88. The Hall–Kier alpha value is -1.66. The molecule has 1 N–H and O–H groups in total. The van der Waals surface area contributed by atoms with Gasteiger partial charge in [-0.05, 0) is 25.5 Å². The van der Waals surface area contributed by atoms with Crippen molar-refractivity contribution < 1.29 is 14.8 Å². The lowest BCUT2D eigenvalue weighted by Crippen LogP contribution is -2.33. The van der Waals surface area contributed by atoms with Crippen LogP contribution >= 0.6 is 0 Å². The molecule has 0 aromatic heterocycles. The van der Waals surface area contributed by atoms with E-state index in [9.17, 15) is 15.2 Å². The molecule has 6 nitrogen and oxygen atoms in total. The molecule has 0 aliphatic rings. The molecule has 0 amide bonds. The van der Waals surface area contributed by atoms with Gasteiger partial charge >= 0.3 is 0 Å². The minimum absolute atomic E-state index is 0.0103. The fourth-order valence-corrected chi connectivity index (χ4v) is 1.84. The lowest BCUT2D eigenvalue weighted by molar-refractivity contribution is -0.384. The normalized spacial score (nSPS) is 13.9. The van der Waals surface area contributed by atoms with Crippen molar-refractivity contribution in [3.05, 3.63) is 33.9 Å². The highest BCUT2D eigenvalue weighted by Gasteiger charge is 2.21. The molecule has 1 rings (SSSR count). The zero-order valence-corrected chi connectivity index (χ0v) is 11.7. The second-order valence-corrected chi connectivity index (χ2v) is 4.60. The van der Waals surface area contributed by atoms with Gasteiger partial charge in [-0.25, -0.2) is 0 Å². The summed E-state index contributed by atoms with van der Waals surface area (Å²) < 4.78 is 5.06. The van der Waals surface area contributed by atoms with Crippen LogP contribution in [0.4, 0.5) is 11.4 Å². The third kappa shape index (κ3) is 3.65. The summed E-state index contributed by atoms with van der Waals surface area (Å²) in [6, 6.07) is 4.78. The van der Waals surface area contributed by atoms with Gasteiger partial charge in [0.1, 0.15) is 5.69 Å². The third-order valence-corrected chi connectivity index (χ3v) is 3.13. The molecular formula is C13H20N2O4. The summed E-state index contributed by atoms with van der Waals surface area (Å²) in [5.74, 6) is 0. The van der Waals surface area contributed by atoms with Crippen LogP contribution in [0, 0.1) is 10.1 Å². The predicted octanol–water partition coefficient (Wildman–Crippen LogP) is 2.12. The van der Waals surface area contributed by atoms with E-state index in [0.717, 1.165) is 0 Å². The van der Waals surface area contributed by atoms with Crippen molar-refractivity contribution in [2.24, 2.45) is 0 Å². The lowest BCUT2D eigenvalue weighted by atomic mass is 10.1. The van der Waals surface area contributed by atoms with E-state index in [-0.39, 0.29) is 11.7 Å². The Morgan fingerprint density at radius 1 is 1.47 bits per heavy atom. The number of aliphatic hydroxyl groups excluding tert-OH is 1. The molecule has 2 atom stereocenters. The summed E-state index contributed by atoms with van der Waals surface area (Å²) in [7, 11) is 3.38. The summed E-state index contributed by atoms with van der Waals surface area (Å²) in [6.07, 6.45) is -0.727. The summed E-state index contributed by atoms with van der Waals surface area (Å²) in [5, 5.41) is 20.6. The number of nitrogens with zero attached hydrogens (tertiary/aromatic N) is 2. The average Bonchev–Trinajstić information content (AvgIpc) is 2.37. The highest BCUT2D eigenvalue weighted by molar-refractivity contribution is 5.64. The Morgan fingerprint density at radius 2 is 2.11 bits per heavy atom. The molecule has 0 bridgehead atoms. The number of likely N-dealkylation sites (N-methyl/N-ethyl adjacent to an activating group) is 1. The molecule has 0 radical (unpaired) electrons. The quantitative estimate of drug-likeness (QED) is 0.631. The minimum Gasteiger partial charge on any atom is -0.389 e. The molecule has 0 saturated heterocycles. The van der Waals surface area contributed by atoms with Crippen molar-refractivity contribution in [3.8, 4) is 0 Å². The molecule has 0 spiro atoms. The Kier molecular flexibility index (Phi) is 5.26. The lowest BCUT2D eigenvalue weighted by Gasteiger charge is -2.26. The van der Waals surface area contributed by atoms with Gasteiger partial charge in [-0.1, -0.05) is 6.07 Å². The van der Waals surface area contributed by atoms with Gasteiger partial charge in [-0.3, -0.25) is 10.1 Å². The van der Waals surface area contributed by atoms with Crippen LogP contribution in [-0.2, 0) is 4.74 Å². The number of anilines is 1. The monoisotopic (exact) mass is 268 g/mol. The Morgan fingerprint density at radius 3 is 2.58 bits per heavy atom. The number of benzene rings is 1. The number of nitro benzene ring substituents is 1. The summed E-state index contributed by atoms with van der Waals surface area (Å²) in [5.41, 5.74) is 1.03. The van der Waals surface area contributed by atoms with Crippen molar-refractivity contribution in [2.75, 3.05) is 25.7 Å². The van der Waals surface area contributed by atoms with Crippen LogP contribution < -0.4 is 4.90 Å². The fourth-order valence-electron chi connectivity index (χ4n) is 1.84. The second kappa shape index (κ2) is 6.49. The van der Waals surface area contributed by atoms with E-state index in [1.165, 1.54) is 6.07 Å². The number of rotatable bonds is 6. The van der Waals surface area contributed by atoms with Gasteiger partial charge in [0.05, 0.1) is 17.6 Å². The molecule has 19 heavy (non-hydrogen) atoms. The van der Waals surface area contributed by atoms with Crippen LogP contribution in [0.1, 0.15) is 25.5 Å². The minimum atomic E-state index is -0.727. The maximum Gasteiger partial charge on any atom is 0.292 e. The van der Waals surface area contributed by atoms with Crippen LogP contribution in [-0.4, -0.2) is 36.8 Å². The summed E-state index contributed by atoms with van der Waals surface area (Å²) >= 11 is 0. The zero-order chi connectivity index (χ0) is 14.6. The average molecular weight is 268 g/mol. The standard InChI is InChI=1S/C13H20N2O4/c1-9(8-19-4)14(3)12-6-5-11(10(2)16)7-13(12)15(17)18/h5-7,9-10,16H,8H2,1-4H3. The van der Waals surface area contributed by atoms with Crippen molar-refractivity contribution in [1.29, 1.82) is 0 Å². The predicted molar refractivity (Wildman–Crippen MR) is 73.5 cm³/mol. The maximum atomic E-state index is 11.1. The molecule has 1 aromatic carbocycles. The first-order valence-electron chi connectivity index (χ1n) is 6.06. The number of nitro groups is 1. The molecule has 0 saturated carbocycles. The third-order valence-electron chi connectivity index (χ3n) is 3.13. The van der Waals surface area contributed by atoms with Crippen LogP contribution in [0.15, 0.2) is 18.2 Å².